The van der Waals surface area contributed by atoms with Crippen LogP contribution in [-0.2, 0) is 6.42 Å². The number of hydrogen-bond acceptors (Lipinski definition) is 6. The number of pyridine rings is 1. The topological polar surface area (TPSA) is 97.7 Å². The maximum absolute atomic E-state index is 9.71. The van der Waals surface area contributed by atoms with E-state index in [1.165, 1.54) is 12.7 Å². The van der Waals surface area contributed by atoms with Crippen molar-refractivity contribution in [3.63, 3.8) is 0 Å². The van der Waals surface area contributed by atoms with E-state index in [2.05, 4.69) is 33.2 Å². The summed E-state index contributed by atoms with van der Waals surface area (Å²) >= 11 is 0. The summed E-state index contributed by atoms with van der Waals surface area (Å²) in [6.07, 6.45) is 6.23. The third-order valence-electron chi connectivity index (χ3n) is 5.02. The van der Waals surface area contributed by atoms with Crippen LogP contribution in [0.3, 0.4) is 0 Å². The standard InChI is InChI=1S/C21H19N5O/c1-27-21-24-11-14(12-25-21)18-16-9-5-8-15(13-6-3-2-4-7-13)19(16)26-20(23)17(18)10-22/h2-4,6-7,11-12,15H,5,8-9H2,1H3,(H2,23,26). The summed E-state index contributed by atoms with van der Waals surface area (Å²) in [5.41, 5.74) is 11.4. The van der Waals surface area contributed by atoms with Gasteiger partial charge in [0.15, 0.2) is 0 Å². The van der Waals surface area contributed by atoms with Crippen molar-refractivity contribution in [2.45, 2.75) is 25.2 Å². The first-order valence-electron chi connectivity index (χ1n) is 8.86. The number of nitrogens with zero attached hydrogens (tertiary/aromatic N) is 4. The fourth-order valence-corrected chi connectivity index (χ4v) is 3.81. The molecule has 2 aromatic heterocycles. The molecule has 1 aromatic carbocycles. The van der Waals surface area contributed by atoms with E-state index in [0.29, 0.717) is 5.56 Å². The van der Waals surface area contributed by atoms with Crippen LogP contribution < -0.4 is 10.5 Å². The molecule has 4 rings (SSSR count). The second-order valence-electron chi connectivity index (χ2n) is 6.54. The van der Waals surface area contributed by atoms with Gasteiger partial charge >= 0.3 is 6.01 Å². The van der Waals surface area contributed by atoms with Gasteiger partial charge in [-0.05, 0) is 30.4 Å². The lowest BCUT2D eigenvalue weighted by Gasteiger charge is -2.28. The molecule has 134 valence electrons. The van der Waals surface area contributed by atoms with E-state index in [9.17, 15) is 5.26 Å². The highest BCUT2D eigenvalue weighted by Crippen LogP contribution is 2.42. The van der Waals surface area contributed by atoms with Gasteiger partial charge in [-0.2, -0.15) is 5.26 Å². The van der Waals surface area contributed by atoms with Crippen LogP contribution in [0.2, 0.25) is 0 Å². The molecule has 1 aliphatic rings. The average molecular weight is 357 g/mol. The highest BCUT2D eigenvalue weighted by atomic mass is 16.5. The van der Waals surface area contributed by atoms with Crippen LogP contribution in [-0.4, -0.2) is 22.1 Å². The molecule has 0 aliphatic heterocycles. The Kier molecular flexibility index (Phi) is 4.43. The van der Waals surface area contributed by atoms with Crippen molar-refractivity contribution < 1.29 is 4.74 Å². The minimum atomic E-state index is 0.169. The van der Waals surface area contributed by atoms with E-state index < -0.39 is 0 Å². The quantitative estimate of drug-likeness (QED) is 0.771. The van der Waals surface area contributed by atoms with Crippen molar-refractivity contribution in [1.29, 1.82) is 5.26 Å². The molecule has 1 atom stereocenters. The van der Waals surface area contributed by atoms with E-state index in [0.717, 1.165) is 41.6 Å². The van der Waals surface area contributed by atoms with Crippen molar-refractivity contribution in [3.05, 3.63) is 65.1 Å². The number of methoxy groups -OCH3 is 1. The number of nitriles is 1. The first-order chi connectivity index (χ1) is 13.2. The molecule has 1 unspecified atom stereocenters. The Labute approximate surface area is 157 Å². The number of benzene rings is 1. The maximum Gasteiger partial charge on any atom is 0.316 e. The Morgan fingerprint density at radius 3 is 2.59 bits per heavy atom. The summed E-state index contributed by atoms with van der Waals surface area (Å²) in [4.78, 5) is 13.1. The molecule has 27 heavy (non-hydrogen) atoms. The van der Waals surface area contributed by atoms with Gasteiger partial charge in [-0.3, -0.25) is 0 Å². The molecule has 1 aliphatic carbocycles. The molecule has 6 nitrogen and oxygen atoms in total. The minimum Gasteiger partial charge on any atom is -0.467 e. The summed E-state index contributed by atoms with van der Waals surface area (Å²) < 4.78 is 5.05. The van der Waals surface area contributed by atoms with Gasteiger partial charge < -0.3 is 10.5 Å². The Morgan fingerprint density at radius 1 is 1.19 bits per heavy atom. The molecule has 0 bridgehead atoms. The third kappa shape index (κ3) is 2.97. The number of fused-ring (bicyclic) bond motifs is 1. The molecule has 6 heteroatoms. The predicted octanol–water partition coefficient (Wildman–Crippen LogP) is 3.47. The summed E-state index contributed by atoms with van der Waals surface area (Å²) in [5.74, 6) is 0.424. The van der Waals surface area contributed by atoms with Gasteiger partial charge in [0.1, 0.15) is 17.5 Å². The number of nitrogens with two attached hydrogens (primary N) is 1. The lowest BCUT2D eigenvalue weighted by Crippen LogP contribution is -2.17. The molecule has 0 radical (unpaired) electrons. The molecule has 0 spiro atoms. The van der Waals surface area contributed by atoms with E-state index in [1.54, 1.807) is 12.4 Å². The fraction of sp³-hybridized carbons (Fsp3) is 0.238. The van der Waals surface area contributed by atoms with E-state index in [-0.39, 0.29) is 17.7 Å². The Balaban J connectivity index is 1.93. The number of ether oxygens (including phenoxy) is 1. The number of hydrogen-bond donors (Lipinski definition) is 1. The number of aromatic nitrogens is 3. The van der Waals surface area contributed by atoms with Crippen LogP contribution in [0.5, 0.6) is 6.01 Å². The summed E-state index contributed by atoms with van der Waals surface area (Å²) in [6, 6.07) is 12.8. The SMILES string of the molecule is COc1ncc(-c2c(C#N)c(N)nc3c2CCCC3c2ccccc2)cn1. The highest BCUT2D eigenvalue weighted by Gasteiger charge is 2.29. The summed E-state index contributed by atoms with van der Waals surface area (Å²) in [5, 5.41) is 9.71. The molecule has 0 amide bonds. The van der Waals surface area contributed by atoms with Crippen molar-refractivity contribution in [3.8, 4) is 23.2 Å². The Bertz CT molecular complexity index is 1010. The van der Waals surface area contributed by atoms with Crippen LogP contribution >= 0.6 is 0 Å². The molecular formula is C21H19N5O. The van der Waals surface area contributed by atoms with Gasteiger partial charge in [0, 0.05) is 29.4 Å². The zero-order chi connectivity index (χ0) is 18.8. The Hall–Kier alpha value is -3.46. The van der Waals surface area contributed by atoms with Gasteiger partial charge in [-0.15, -0.1) is 0 Å². The minimum absolute atomic E-state index is 0.169. The van der Waals surface area contributed by atoms with Crippen molar-refractivity contribution >= 4 is 5.82 Å². The molecule has 0 saturated heterocycles. The smallest absolute Gasteiger partial charge is 0.316 e. The molecular weight excluding hydrogens is 338 g/mol. The predicted molar refractivity (Wildman–Crippen MR) is 102 cm³/mol. The Morgan fingerprint density at radius 2 is 1.93 bits per heavy atom. The lowest BCUT2D eigenvalue weighted by molar-refractivity contribution is 0.380. The first kappa shape index (κ1) is 17.0. The zero-order valence-corrected chi connectivity index (χ0v) is 15.0. The molecule has 2 heterocycles. The zero-order valence-electron chi connectivity index (χ0n) is 15.0. The highest BCUT2D eigenvalue weighted by molar-refractivity contribution is 5.79. The van der Waals surface area contributed by atoms with Gasteiger partial charge in [0.25, 0.3) is 0 Å². The summed E-state index contributed by atoms with van der Waals surface area (Å²) in [6.45, 7) is 0. The summed E-state index contributed by atoms with van der Waals surface area (Å²) in [7, 11) is 1.52. The number of rotatable bonds is 3. The maximum atomic E-state index is 9.71. The van der Waals surface area contributed by atoms with Crippen LogP contribution in [0, 0.1) is 11.3 Å². The largest absolute Gasteiger partial charge is 0.467 e. The van der Waals surface area contributed by atoms with Crippen LogP contribution in [0.15, 0.2) is 42.7 Å². The average Bonchev–Trinajstić information content (AvgIpc) is 2.73. The number of nitrogen functional groups attached to an aromatic ring is 1. The van der Waals surface area contributed by atoms with Gasteiger partial charge in [0.2, 0.25) is 0 Å². The van der Waals surface area contributed by atoms with Crippen LogP contribution in [0.4, 0.5) is 5.82 Å². The van der Waals surface area contributed by atoms with Crippen molar-refractivity contribution in [1.82, 2.24) is 15.0 Å². The molecule has 0 fully saturated rings. The van der Waals surface area contributed by atoms with E-state index in [1.807, 2.05) is 18.2 Å². The second-order valence-corrected chi connectivity index (χ2v) is 6.54. The number of anilines is 1. The van der Waals surface area contributed by atoms with Crippen LogP contribution in [0.1, 0.15) is 41.1 Å². The second kappa shape index (κ2) is 7.04. The lowest BCUT2D eigenvalue weighted by atomic mass is 9.79. The first-order valence-corrected chi connectivity index (χ1v) is 8.86. The molecule has 0 saturated carbocycles. The molecule has 3 aromatic rings. The van der Waals surface area contributed by atoms with Gasteiger partial charge in [0.05, 0.1) is 12.8 Å². The van der Waals surface area contributed by atoms with Crippen LogP contribution in [0.25, 0.3) is 11.1 Å². The van der Waals surface area contributed by atoms with Crippen molar-refractivity contribution in [2.75, 3.05) is 12.8 Å². The third-order valence-corrected chi connectivity index (χ3v) is 5.02. The molecule has 2 N–H and O–H groups in total. The van der Waals surface area contributed by atoms with E-state index in [4.69, 9.17) is 10.5 Å². The van der Waals surface area contributed by atoms with Gasteiger partial charge in [-0.25, -0.2) is 15.0 Å². The monoisotopic (exact) mass is 357 g/mol. The van der Waals surface area contributed by atoms with Gasteiger partial charge in [-0.1, -0.05) is 30.3 Å². The fourth-order valence-electron chi connectivity index (χ4n) is 3.81. The van der Waals surface area contributed by atoms with Crippen molar-refractivity contribution in [2.24, 2.45) is 0 Å². The normalized spacial score (nSPS) is 15.6. The van der Waals surface area contributed by atoms with E-state index >= 15 is 0 Å².